The first-order chi connectivity index (χ1) is 10.5. The fraction of sp³-hybridized carbons (Fsp3) is 0.500. The van der Waals surface area contributed by atoms with Gasteiger partial charge in [-0.2, -0.15) is 0 Å². The van der Waals surface area contributed by atoms with Gasteiger partial charge in [-0.3, -0.25) is 9.59 Å². The SMILES string of the molecule is CC(C)(C)S(=O)(=O)CC(=O)NCC(Cc1ccccc1)C(=O)O. The van der Waals surface area contributed by atoms with Gasteiger partial charge in [-0.1, -0.05) is 30.3 Å². The molecule has 0 heterocycles. The predicted molar refractivity (Wildman–Crippen MR) is 87.8 cm³/mol. The van der Waals surface area contributed by atoms with Gasteiger partial charge < -0.3 is 10.4 Å². The van der Waals surface area contributed by atoms with Gasteiger partial charge in [0.15, 0.2) is 9.84 Å². The van der Waals surface area contributed by atoms with E-state index >= 15 is 0 Å². The Labute approximate surface area is 136 Å². The zero-order valence-electron chi connectivity index (χ0n) is 13.6. The number of carbonyl (C=O) groups is 2. The van der Waals surface area contributed by atoms with E-state index in [1.165, 1.54) is 20.8 Å². The lowest BCUT2D eigenvalue weighted by Gasteiger charge is -2.19. The van der Waals surface area contributed by atoms with Gasteiger partial charge in [0.25, 0.3) is 0 Å². The summed E-state index contributed by atoms with van der Waals surface area (Å²) in [5.41, 5.74) is 0.844. The molecule has 1 rings (SSSR count). The second-order valence-corrected chi connectivity index (χ2v) is 9.14. The summed E-state index contributed by atoms with van der Waals surface area (Å²) >= 11 is 0. The van der Waals surface area contributed by atoms with Gasteiger partial charge in [0, 0.05) is 6.54 Å². The molecule has 0 aliphatic heterocycles. The molecule has 2 N–H and O–H groups in total. The molecule has 7 heteroatoms. The fourth-order valence-corrected chi connectivity index (χ4v) is 2.70. The van der Waals surface area contributed by atoms with Crippen molar-refractivity contribution in [3.05, 3.63) is 35.9 Å². The molecular formula is C16H23NO5S. The molecule has 0 bridgehead atoms. The number of carboxylic acid groups (broad SMARTS) is 1. The van der Waals surface area contributed by atoms with Crippen molar-refractivity contribution in [2.24, 2.45) is 5.92 Å². The van der Waals surface area contributed by atoms with Crippen molar-refractivity contribution in [3.63, 3.8) is 0 Å². The summed E-state index contributed by atoms with van der Waals surface area (Å²) < 4.78 is 22.9. The first-order valence-electron chi connectivity index (χ1n) is 7.28. The van der Waals surface area contributed by atoms with Gasteiger partial charge in [-0.15, -0.1) is 0 Å². The minimum absolute atomic E-state index is 0.108. The smallest absolute Gasteiger partial charge is 0.308 e. The van der Waals surface area contributed by atoms with Crippen molar-refractivity contribution in [2.75, 3.05) is 12.3 Å². The summed E-state index contributed by atoms with van der Waals surface area (Å²) in [5, 5.41) is 11.7. The van der Waals surface area contributed by atoms with E-state index in [1.54, 1.807) is 0 Å². The Morgan fingerprint density at radius 3 is 2.22 bits per heavy atom. The normalized spacial score (nSPS) is 13.3. The second kappa shape index (κ2) is 7.59. The van der Waals surface area contributed by atoms with Crippen molar-refractivity contribution < 1.29 is 23.1 Å². The topological polar surface area (TPSA) is 101 Å². The molecule has 1 aromatic carbocycles. The van der Waals surface area contributed by atoms with E-state index in [9.17, 15) is 23.1 Å². The summed E-state index contributed by atoms with van der Waals surface area (Å²) in [5.74, 6) is -3.17. The van der Waals surface area contributed by atoms with Crippen LogP contribution in [0.2, 0.25) is 0 Å². The van der Waals surface area contributed by atoms with Crippen LogP contribution in [0, 0.1) is 5.92 Å². The average molecular weight is 341 g/mol. The highest BCUT2D eigenvalue weighted by Gasteiger charge is 2.31. The standard InChI is InChI=1S/C16H23NO5S/c1-16(2,3)23(21,22)11-14(18)17-10-13(15(19)20)9-12-7-5-4-6-8-12/h4-8,13H,9-11H2,1-3H3,(H,17,18)(H,19,20). The monoisotopic (exact) mass is 341 g/mol. The lowest BCUT2D eigenvalue weighted by Crippen LogP contribution is -2.41. The Morgan fingerprint density at radius 2 is 1.74 bits per heavy atom. The Bertz CT molecular complexity index is 647. The summed E-state index contributed by atoms with van der Waals surface area (Å²) in [4.78, 5) is 23.1. The molecule has 0 fully saturated rings. The fourth-order valence-electron chi connectivity index (χ4n) is 1.82. The molecule has 1 atom stereocenters. The number of amides is 1. The Hall–Kier alpha value is -1.89. The average Bonchev–Trinajstić information content (AvgIpc) is 2.42. The van der Waals surface area contributed by atoms with Gasteiger partial charge in [-0.05, 0) is 32.8 Å². The molecule has 6 nitrogen and oxygen atoms in total. The second-order valence-electron chi connectivity index (χ2n) is 6.40. The van der Waals surface area contributed by atoms with Crippen LogP contribution < -0.4 is 5.32 Å². The number of hydrogen-bond acceptors (Lipinski definition) is 4. The van der Waals surface area contributed by atoms with Crippen molar-refractivity contribution in [1.82, 2.24) is 5.32 Å². The van der Waals surface area contributed by atoms with E-state index in [1.807, 2.05) is 30.3 Å². The van der Waals surface area contributed by atoms with Crippen LogP contribution in [-0.2, 0) is 25.8 Å². The van der Waals surface area contributed by atoms with Crippen molar-refractivity contribution in [2.45, 2.75) is 31.9 Å². The molecule has 1 amide bonds. The highest BCUT2D eigenvalue weighted by atomic mass is 32.2. The molecule has 1 aromatic rings. The van der Waals surface area contributed by atoms with Crippen LogP contribution in [0.3, 0.4) is 0 Å². The number of rotatable bonds is 7. The molecule has 128 valence electrons. The quantitative estimate of drug-likeness (QED) is 0.777. The molecule has 0 saturated heterocycles. The summed E-state index contributed by atoms with van der Waals surface area (Å²) in [7, 11) is -3.58. The number of benzene rings is 1. The van der Waals surface area contributed by atoms with E-state index in [0.29, 0.717) is 0 Å². The van der Waals surface area contributed by atoms with E-state index in [-0.39, 0.29) is 13.0 Å². The van der Waals surface area contributed by atoms with Crippen LogP contribution in [0.5, 0.6) is 0 Å². The van der Waals surface area contributed by atoms with Gasteiger partial charge in [0.1, 0.15) is 5.75 Å². The predicted octanol–water partition coefficient (Wildman–Crippen LogP) is 1.26. The zero-order chi connectivity index (χ0) is 17.7. The zero-order valence-corrected chi connectivity index (χ0v) is 14.4. The number of aliphatic carboxylic acids is 1. The third kappa shape index (κ3) is 6.02. The van der Waals surface area contributed by atoms with Crippen molar-refractivity contribution >= 4 is 21.7 Å². The van der Waals surface area contributed by atoms with E-state index < -0.39 is 38.1 Å². The minimum atomic E-state index is -3.58. The van der Waals surface area contributed by atoms with Crippen LogP contribution in [0.1, 0.15) is 26.3 Å². The first kappa shape index (κ1) is 19.2. The maximum atomic E-state index is 12.0. The number of carboxylic acids is 1. The first-order valence-corrected chi connectivity index (χ1v) is 8.94. The van der Waals surface area contributed by atoms with E-state index in [4.69, 9.17) is 0 Å². The van der Waals surface area contributed by atoms with Crippen LogP contribution in [0.25, 0.3) is 0 Å². The van der Waals surface area contributed by atoms with Gasteiger partial charge in [0.05, 0.1) is 10.7 Å². The van der Waals surface area contributed by atoms with E-state index in [2.05, 4.69) is 5.32 Å². The maximum Gasteiger partial charge on any atom is 0.308 e. The third-order valence-electron chi connectivity index (χ3n) is 3.47. The summed E-state index contributed by atoms with van der Waals surface area (Å²) in [6, 6.07) is 9.06. The summed E-state index contributed by atoms with van der Waals surface area (Å²) in [6.45, 7) is 4.45. The number of carbonyl (C=O) groups excluding carboxylic acids is 1. The molecule has 0 spiro atoms. The highest BCUT2D eigenvalue weighted by Crippen LogP contribution is 2.15. The molecule has 0 aliphatic carbocycles. The molecular weight excluding hydrogens is 318 g/mol. The molecule has 0 aliphatic rings. The van der Waals surface area contributed by atoms with Crippen LogP contribution in [0.4, 0.5) is 0 Å². The van der Waals surface area contributed by atoms with Crippen LogP contribution in [-0.4, -0.2) is 42.4 Å². The van der Waals surface area contributed by atoms with Crippen LogP contribution in [0.15, 0.2) is 30.3 Å². The van der Waals surface area contributed by atoms with Crippen molar-refractivity contribution in [1.29, 1.82) is 0 Å². The summed E-state index contributed by atoms with van der Waals surface area (Å²) in [6.07, 6.45) is 0.266. The maximum absolute atomic E-state index is 12.0. The molecule has 0 radical (unpaired) electrons. The molecule has 0 saturated carbocycles. The van der Waals surface area contributed by atoms with Crippen LogP contribution >= 0.6 is 0 Å². The highest BCUT2D eigenvalue weighted by molar-refractivity contribution is 7.93. The Kier molecular flexibility index (Phi) is 6.32. The van der Waals surface area contributed by atoms with Gasteiger partial charge in [-0.25, -0.2) is 8.42 Å². The van der Waals surface area contributed by atoms with Crippen molar-refractivity contribution in [3.8, 4) is 0 Å². The lowest BCUT2D eigenvalue weighted by atomic mass is 9.99. The molecule has 0 aromatic heterocycles. The third-order valence-corrected chi connectivity index (χ3v) is 5.98. The number of nitrogens with one attached hydrogen (secondary N) is 1. The van der Waals surface area contributed by atoms with Gasteiger partial charge >= 0.3 is 5.97 Å². The largest absolute Gasteiger partial charge is 0.481 e. The number of hydrogen-bond donors (Lipinski definition) is 2. The Morgan fingerprint density at radius 1 is 1.17 bits per heavy atom. The number of sulfone groups is 1. The lowest BCUT2D eigenvalue weighted by molar-refractivity contribution is -0.141. The minimum Gasteiger partial charge on any atom is -0.481 e. The van der Waals surface area contributed by atoms with Gasteiger partial charge in [0.2, 0.25) is 5.91 Å². The molecule has 23 heavy (non-hydrogen) atoms. The Balaban J connectivity index is 2.63. The van der Waals surface area contributed by atoms with E-state index in [0.717, 1.165) is 5.56 Å². The molecule has 1 unspecified atom stereocenters.